The monoisotopic (exact) mass is 265 g/mol. The van der Waals surface area contributed by atoms with Crippen molar-refractivity contribution in [3.8, 4) is 0 Å². The van der Waals surface area contributed by atoms with Crippen molar-refractivity contribution in [2.24, 2.45) is 0 Å². The molecule has 0 aromatic carbocycles. The number of likely N-dealkylation sites (tertiary alicyclic amines) is 1. The van der Waals surface area contributed by atoms with Gasteiger partial charge < -0.3 is 10.0 Å². The molecule has 0 unspecified atom stereocenters. The molecule has 1 atom stereocenters. The number of nitro groups is 1. The second-order valence-corrected chi connectivity index (χ2v) is 4.12. The fourth-order valence-electron chi connectivity index (χ4n) is 2.11. The van der Waals surface area contributed by atoms with E-state index in [1.807, 2.05) is 0 Å². The first-order valence-corrected chi connectivity index (χ1v) is 5.65. The average Bonchev–Trinajstić information content (AvgIpc) is 2.87. The number of nitrogens with zero attached hydrogens (tertiary/aromatic N) is 3. The molecule has 8 heteroatoms. The molecule has 1 amide bonds. The molecular weight excluding hydrogens is 254 g/mol. The lowest BCUT2D eigenvalue weighted by molar-refractivity contribution is -0.385. The number of carboxylic acid groups (broad SMARTS) is 1. The van der Waals surface area contributed by atoms with E-state index in [2.05, 4.69) is 4.98 Å². The minimum absolute atomic E-state index is 0.267. The zero-order valence-corrected chi connectivity index (χ0v) is 9.85. The minimum Gasteiger partial charge on any atom is -0.480 e. The molecule has 1 N–H and O–H groups in total. The highest BCUT2D eigenvalue weighted by atomic mass is 16.6. The van der Waals surface area contributed by atoms with Crippen LogP contribution >= 0.6 is 0 Å². The van der Waals surface area contributed by atoms with Crippen molar-refractivity contribution in [3.63, 3.8) is 0 Å². The lowest BCUT2D eigenvalue weighted by atomic mass is 10.2. The highest BCUT2D eigenvalue weighted by molar-refractivity contribution is 5.98. The van der Waals surface area contributed by atoms with E-state index in [4.69, 9.17) is 5.11 Å². The fourth-order valence-corrected chi connectivity index (χ4v) is 2.11. The molecule has 0 bridgehead atoms. The lowest BCUT2D eigenvalue weighted by Crippen LogP contribution is -2.40. The predicted molar refractivity (Wildman–Crippen MR) is 62.6 cm³/mol. The zero-order chi connectivity index (χ0) is 14.0. The Bertz CT molecular complexity index is 545. The van der Waals surface area contributed by atoms with Gasteiger partial charge in [0.15, 0.2) is 0 Å². The normalized spacial score (nSPS) is 18.3. The summed E-state index contributed by atoms with van der Waals surface area (Å²) in [6.07, 6.45) is 2.18. The number of pyridine rings is 1. The molecule has 19 heavy (non-hydrogen) atoms. The van der Waals surface area contributed by atoms with Gasteiger partial charge in [-0.1, -0.05) is 0 Å². The summed E-state index contributed by atoms with van der Waals surface area (Å²) in [6.45, 7) is 0.267. The maximum Gasteiger partial charge on any atom is 0.326 e. The summed E-state index contributed by atoms with van der Waals surface area (Å²) in [6, 6.07) is 1.59. The van der Waals surface area contributed by atoms with Crippen molar-refractivity contribution in [1.82, 2.24) is 9.88 Å². The van der Waals surface area contributed by atoms with Gasteiger partial charge in [-0.2, -0.15) is 0 Å². The van der Waals surface area contributed by atoms with Gasteiger partial charge in [-0.3, -0.25) is 14.9 Å². The Morgan fingerprint density at radius 2 is 2.26 bits per heavy atom. The van der Waals surface area contributed by atoms with Crippen molar-refractivity contribution in [3.05, 3.63) is 34.1 Å². The standard InChI is InChI=1S/C11H11N3O5/c15-10(13-6-2-4-8(13)11(16)17)9-7(14(18)19)3-1-5-12-9/h1,3,5,8H,2,4,6H2,(H,16,17)/t8-/m1/s1. The van der Waals surface area contributed by atoms with Crippen molar-refractivity contribution in [1.29, 1.82) is 0 Å². The Hall–Kier alpha value is -2.51. The molecular formula is C11H11N3O5. The molecule has 1 fully saturated rings. The predicted octanol–water partition coefficient (Wildman–Crippen LogP) is 0.679. The van der Waals surface area contributed by atoms with E-state index in [0.29, 0.717) is 12.8 Å². The smallest absolute Gasteiger partial charge is 0.326 e. The van der Waals surface area contributed by atoms with Crippen LogP contribution in [0.1, 0.15) is 23.3 Å². The quantitative estimate of drug-likeness (QED) is 0.635. The third-order valence-electron chi connectivity index (χ3n) is 2.98. The number of hydrogen-bond acceptors (Lipinski definition) is 5. The molecule has 2 rings (SSSR count). The first-order chi connectivity index (χ1) is 9.02. The van der Waals surface area contributed by atoms with Gasteiger partial charge in [0.2, 0.25) is 5.69 Å². The Morgan fingerprint density at radius 1 is 1.53 bits per heavy atom. The molecule has 0 saturated carbocycles. The number of aromatic nitrogens is 1. The largest absolute Gasteiger partial charge is 0.480 e. The van der Waals surface area contributed by atoms with Crippen LogP contribution < -0.4 is 0 Å². The van der Waals surface area contributed by atoms with Crippen LogP contribution in [-0.4, -0.2) is 44.4 Å². The van der Waals surface area contributed by atoms with Crippen LogP contribution in [0.2, 0.25) is 0 Å². The number of carboxylic acids is 1. The van der Waals surface area contributed by atoms with E-state index in [-0.39, 0.29) is 12.2 Å². The van der Waals surface area contributed by atoms with Crippen LogP contribution in [-0.2, 0) is 4.79 Å². The number of carbonyl (C=O) groups is 2. The fraction of sp³-hybridized carbons (Fsp3) is 0.364. The Labute approximate surface area is 107 Å². The average molecular weight is 265 g/mol. The van der Waals surface area contributed by atoms with Crippen molar-refractivity contribution >= 4 is 17.6 Å². The van der Waals surface area contributed by atoms with Crippen LogP contribution in [0.5, 0.6) is 0 Å². The highest BCUT2D eigenvalue weighted by Gasteiger charge is 2.37. The molecule has 8 nitrogen and oxygen atoms in total. The Kier molecular flexibility index (Phi) is 3.41. The molecule has 1 aliphatic rings. The third-order valence-corrected chi connectivity index (χ3v) is 2.98. The maximum absolute atomic E-state index is 12.2. The van der Waals surface area contributed by atoms with Gasteiger partial charge in [0.05, 0.1) is 4.92 Å². The van der Waals surface area contributed by atoms with Crippen molar-refractivity contribution in [2.45, 2.75) is 18.9 Å². The number of aliphatic carboxylic acids is 1. The lowest BCUT2D eigenvalue weighted by Gasteiger charge is -2.20. The molecule has 0 radical (unpaired) electrons. The summed E-state index contributed by atoms with van der Waals surface area (Å²) >= 11 is 0. The summed E-state index contributed by atoms with van der Waals surface area (Å²) in [5.41, 5.74) is -0.732. The van der Waals surface area contributed by atoms with E-state index < -0.39 is 28.5 Å². The first-order valence-electron chi connectivity index (χ1n) is 5.65. The van der Waals surface area contributed by atoms with Crippen LogP contribution in [0.25, 0.3) is 0 Å². The zero-order valence-electron chi connectivity index (χ0n) is 9.85. The van der Waals surface area contributed by atoms with Gasteiger partial charge in [0.1, 0.15) is 6.04 Å². The molecule has 1 aromatic rings. The molecule has 100 valence electrons. The second kappa shape index (κ2) is 5.01. The summed E-state index contributed by atoms with van der Waals surface area (Å²) in [7, 11) is 0. The number of hydrogen-bond donors (Lipinski definition) is 1. The first kappa shape index (κ1) is 12.9. The van der Waals surface area contributed by atoms with Gasteiger partial charge in [-0.25, -0.2) is 9.78 Å². The van der Waals surface area contributed by atoms with Crippen LogP contribution in [0.15, 0.2) is 18.3 Å². The van der Waals surface area contributed by atoms with Crippen molar-refractivity contribution < 1.29 is 19.6 Å². The number of amides is 1. The van der Waals surface area contributed by atoms with Crippen LogP contribution in [0.4, 0.5) is 5.69 Å². The topological polar surface area (TPSA) is 114 Å². The van der Waals surface area contributed by atoms with Crippen molar-refractivity contribution in [2.75, 3.05) is 6.54 Å². The van der Waals surface area contributed by atoms with E-state index in [9.17, 15) is 19.7 Å². The third kappa shape index (κ3) is 2.37. The number of rotatable bonds is 3. The van der Waals surface area contributed by atoms with E-state index in [1.54, 1.807) is 0 Å². The van der Waals surface area contributed by atoms with Gasteiger partial charge in [-0.05, 0) is 18.9 Å². The summed E-state index contributed by atoms with van der Waals surface area (Å²) < 4.78 is 0. The van der Waals surface area contributed by atoms with Gasteiger partial charge in [0, 0.05) is 18.8 Å². The van der Waals surface area contributed by atoms with Crippen LogP contribution in [0.3, 0.4) is 0 Å². The highest BCUT2D eigenvalue weighted by Crippen LogP contribution is 2.23. The number of carbonyl (C=O) groups excluding carboxylic acids is 1. The molecule has 0 aliphatic carbocycles. The van der Waals surface area contributed by atoms with E-state index >= 15 is 0 Å². The maximum atomic E-state index is 12.2. The Morgan fingerprint density at radius 3 is 2.89 bits per heavy atom. The van der Waals surface area contributed by atoms with Crippen LogP contribution in [0, 0.1) is 10.1 Å². The molecule has 1 saturated heterocycles. The SMILES string of the molecule is O=C(O)[C@H]1CCCN1C(=O)c1ncccc1[N+](=O)[O-]. The molecule has 0 spiro atoms. The summed E-state index contributed by atoms with van der Waals surface area (Å²) in [5.74, 6) is -1.82. The Balaban J connectivity index is 2.34. The van der Waals surface area contributed by atoms with Gasteiger partial charge >= 0.3 is 11.7 Å². The molecule has 2 heterocycles. The molecule has 1 aliphatic heterocycles. The van der Waals surface area contributed by atoms with E-state index in [0.717, 1.165) is 4.90 Å². The minimum atomic E-state index is -1.11. The van der Waals surface area contributed by atoms with Gasteiger partial charge in [0.25, 0.3) is 5.91 Å². The summed E-state index contributed by atoms with van der Waals surface area (Å²) in [5, 5.41) is 19.8. The molecule has 1 aromatic heterocycles. The van der Waals surface area contributed by atoms with E-state index in [1.165, 1.54) is 18.3 Å². The summed E-state index contributed by atoms with van der Waals surface area (Å²) in [4.78, 5) is 38.2. The van der Waals surface area contributed by atoms with Gasteiger partial charge in [-0.15, -0.1) is 0 Å². The second-order valence-electron chi connectivity index (χ2n) is 4.12.